The Morgan fingerprint density at radius 1 is 0.640 bits per heavy atom. The van der Waals surface area contributed by atoms with Crippen molar-refractivity contribution in [3.63, 3.8) is 0 Å². The Labute approximate surface area is 146 Å². The standard InChI is InChI=1S/C23H18N2/c24-14-15-4-10-19(11-5-15)25-21-13-9-18-7-6-16-2-1-3-17-8-12-20(21)23(18)22(16)17/h1-13,25H,14,24H2. The van der Waals surface area contributed by atoms with Gasteiger partial charge in [-0.3, -0.25) is 0 Å². The SMILES string of the molecule is NCc1ccc(Nc2ccc3ccc4cccc5ccc2c3c45)cc1. The van der Waals surface area contributed by atoms with Crippen LogP contribution in [0.1, 0.15) is 5.56 Å². The van der Waals surface area contributed by atoms with E-state index in [2.05, 4.69) is 84.2 Å². The second-order valence-corrected chi connectivity index (χ2v) is 6.50. The van der Waals surface area contributed by atoms with E-state index >= 15 is 0 Å². The molecule has 0 aromatic heterocycles. The van der Waals surface area contributed by atoms with Crippen LogP contribution in [0.3, 0.4) is 0 Å². The Kier molecular flexibility index (Phi) is 3.12. The molecule has 5 aromatic carbocycles. The minimum absolute atomic E-state index is 0.568. The van der Waals surface area contributed by atoms with Gasteiger partial charge in [-0.2, -0.15) is 0 Å². The lowest BCUT2D eigenvalue weighted by molar-refractivity contribution is 1.07. The highest BCUT2D eigenvalue weighted by Gasteiger charge is 2.10. The lowest BCUT2D eigenvalue weighted by Gasteiger charge is -2.15. The Balaban J connectivity index is 1.72. The van der Waals surface area contributed by atoms with Crippen molar-refractivity contribution in [3.8, 4) is 0 Å². The highest BCUT2D eigenvalue weighted by atomic mass is 14.9. The van der Waals surface area contributed by atoms with Gasteiger partial charge >= 0.3 is 0 Å². The average molecular weight is 322 g/mol. The molecule has 0 aliphatic rings. The van der Waals surface area contributed by atoms with E-state index in [4.69, 9.17) is 5.73 Å². The molecule has 0 saturated heterocycles. The van der Waals surface area contributed by atoms with Gasteiger partial charge in [0.25, 0.3) is 0 Å². The smallest absolute Gasteiger partial charge is 0.0464 e. The molecule has 0 heterocycles. The minimum Gasteiger partial charge on any atom is -0.355 e. The first-order chi connectivity index (χ1) is 12.3. The van der Waals surface area contributed by atoms with E-state index in [0.29, 0.717) is 6.54 Å². The third kappa shape index (κ3) is 2.23. The van der Waals surface area contributed by atoms with Crippen LogP contribution in [0.15, 0.2) is 78.9 Å². The number of hydrogen-bond donors (Lipinski definition) is 2. The van der Waals surface area contributed by atoms with Crippen molar-refractivity contribution in [1.29, 1.82) is 0 Å². The summed E-state index contributed by atoms with van der Waals surface area (Å²) < 4.78 is 0. The molecule has 0 amide bonds. The van der Waals surface area contributed by atoms with E-state index in [-0.39, 0.29) is 0 Å². The van der Waals surface area contributed by atoms with Crippen LogP contribution in [0.5, 0.6) is 0 Å². The Bertz CT molecular complexity index is 1170. The molecule has 0 bridgehead atoms. The molecule has 0 atom stereocenters. The molecule has 0 radical (unpaired) electrons. The van der Waals surface area contributed by atoms with Crippen LogP contribution in [0, 0.1) is 0 Å². The van der Waals surface area contributed by atoms with E-state index in [1.807, 2.05) is 0 Å². The summed E-state index contributed by atoms with van der Waals surface area (Å²) in [4.78, 5) is 0. The monoisotopic (exact) mass is 322 g/mol. The fraction of sp³-hybridized carbons (Fsp3) is 0.0435. The van der Waals surface area contributed by atoms with Crippen molar-refractivity contribution >= 4 is 43.7 Å². The largest absolute Gasteiger partial charge is 0.355 e. The number of hydrogen-bond acceptors (Lipinski definition) is 2. The first kappa shape index (κ1) is 14.3. The first-order valence-corrected chi connectivity index (χ1v) is 8.56. The van der Waals surface area contributed by atoms with Crippen LogP contribution in [-0.4, -0.2) is 0 Å². The van der Waals surface area contributed by atoms with Crippen LogP contribution in [-0.2, 0) is 6.54 Å². The topological polar surface area (TPSA) is 38.0 Å². The van der Waals surface area contributed by atoms with Crippen LogP contribution in [0.4, 0.5) is 11.4 Å². The molecule has 0 saturated carbocycles. The molecule has 0 aliphatic heterocycles. The van der Waals surface area contributed by atoms with Crippen molar-refractivity contribution in [1.82, 2.24) is 0 Å². The summed E-state index contributed by atoms with van der Waals surface area (Å²) in [5.74, 6) is 0. The van der Waals surface area contributed by atoms with Crippen LogP contribution in [0.2, 0.25) is 0 Å². The second-order valence-electron chi connectivity index (χ2n) is 6.50. The number of rotatable bonds is 3. The zero-order chi connectivity index (χ0) is 16.8. The predicted octanol–water partition coefficient (Wildman–Crippen LogP) is 5.79. The maximum Gasteiger partial charge on any atom is 0.0464 e. The lowest BCUT2D eigenvalue weighted by Crippen LogP contribution is -1.97. The van der Waals surface area contributed by atoms with Gasteiger partial charge in [0.05, 0.1) is 0 Å². The van der Waals surface area contributed by atoms with Gasteiger partial charge in [-0.05, 0) is 50.7 Å². The maximum absolute atomic E-state index is 5.69. The van der Waals surface area contributed by atoms with E-state index in [0.717, 1.165) is 16.9 Å². The molecule has 120 valence electrons. The normalized spacial score (nSPS) is 11.6. The molecule has 5 aromatic rings. The summed E-state index contributed by atoms with van der Waals surface area (Å²) in [7, 11) is 0. The molecular formula is C23H18N2. The molecule has 2 nitrogen and oxygen atoms in total. The van der Waals surface area contributed by atoms with Crippen LogP contribution >= 0.6 is 0 Å². The quantitative estimate of drug-likeness (QED) is 0.413. The summed E-state index contributed by atoms with van der Waals surface area (Å²) in [6.07, 6.45) is 0. The van der Waals surface area contributed by atoms with Gasteiger partial charge in [0.1, 0.15) is 0 Å². The fourth-order valence-corrected chi connectivity index (χ4v) is 3.72. The summed E-state index contributed by atoms with van der Waals surface area (Å²) in [5, 5.41) is 11.4. The van der Waals surface area contributed by atoms with Gasteiger partial charge in [-0.15, -0.1) is 0 Å². The number of benzene rings is 5. The summed E-state index contributed by atoms with van der Waals surface area (Å²) in [6, 6.07) is 28.0. The van der Waals surface area contributed by atoms with Crippen molar-refractivity contribution in [2.45, 2.75) is 6.54 Å². The van der Waals surface area contributed by atoms with Gasteiger partial charge in [0, 0.05) is 23.3 Å². The van der Waals surface area contributed by atoms with Crippen molar-refractivity contribution in [2.24, 2.45) is 5.73 Å². The van der Waals surface area contributed by atoms with E-state index in [1.165, 1.54) is 32.3 Å². The molecule has 0 unspecified atom stereocenters. The zero-order valence-electron chi connectivity index (χ0n) is 13.8. The van der Waals surface area contributed by atoms with Crippen LogP contribution in [0.25, 0.3) is 32.3 Å². The molecular weight excluding hydrogens is 304 g/mol. The summed E-state index contributed by atoms with van der Waals surface area (Å²) in [6.45, 7) is 0.568. The second kappa shape index (κ2) is 5.47. The zero-order valence-corrected chi connectivity index (χ0v) is 13.8. The average Bonchev–Trinajstić information content (AvgIpc) is 2.68. The third-order valence-corrected chi connectivity index (χ3v) is 5.00. The fourth-order valence-electron chi connectivity index (χ4n) is 3.72. The Morgan fingerprint density at radius 3 is 2.00 bits per heavy atom. The lowest BCUT2D eigenvalue weighted by atomic mass is 9.93. The minimum atomic E-state index is 0.568. The third-order valence-electron chi connectivity index (χ3n) is 5.00. The molecule has 3 N–H and O–H groups in total. The molecule has 0 spiro atoms. The predicted molar refractivity (Wildman–Crippen MR) is 108 cm³/mol. The molecule has 0 fully saturated rings. The van der Waals surface area contributed by atoms with Gasteiger partial charge in [-0.25, -0.2) is 0 Å². The Hall–Kier alpha value is -3.10. The van der Waals surface area contributed by atoms with Crippen molar-refractivity contribution in [2.75, 3.05) is 5.32 Å². The molecule has 5 rings (SSSR count). The molecule has 0 aliphatic carbocycles. The summed E-state index contributed by atoms with van der Waals surface area (Å²) in [5.41, 5.74) is 9.04. The molecule has 25 heavy (non-hydrogen) atoms. The number of nitrogens with two attached hydrogens (primary N) is 1. The van der Waals surface area contributed by atoms with Crippen LogP contribution < -0.4 is 11.1 Å². The highest BCUT2D eigenvalue weighted by Crippen LogP contribution is 2.38. The van der Waals surface area contributed by atoms with Gasteiger partial charge in [-0.1, -0.05) is 60.7 Å². The Morgan fingerprint density at radius 2 is 1.28 bits per heavy atom. The van der Waals surface area contributed by atoms with E-state index in [1.54, 1.807) is 0 Å². The maximum atomic E-state index is 5.69. The van der Waals surface area contributed by atoms with Gasteiger partial charge in [0.2, 0.25) is 0 Å². The van der Waals surface area contributed by atoms with E-state index in [9.17, 15) is 0 Å². The number of anilines is 2. The molecule has 2 heteroatoms. The summed E-state index contributed by atoms with van der Waals surface area (Å²) >= 11 is 0. The first-order valence-electron chi connectivity index (χ1n) is 8.56. The van der Waals surface area contributed by atoms with E-state index < -0.39 is 0 Å². The highest BCUT2D eigenvalue weighted by molar-refractivity contribution is 6.25. The van der Waals surface area contributed by atoms with Crippen molar-refractivity contribution < 1.29 is 0 Å². The van der Waals surface area contributed by atoms with Gasteiger partial charge < -0.3 is 11.1 Å². The number of nitrogens with one attached hydrogen (secondary N) is 1. The van der Waals surface area contributed by atoms with Crippen molar-refractivity contribution in [3.05, 3.63) is 84.4 Å². The van der Waals surface area contributed by atoms with Gasteiger partial charge in [0.15, 0.2) is 0 Å².